The standard InChI is InChI=1S/C29H29N3O7S/c1-16(33)24-14-18-13-19(5-7-22(18)39-24)30-27(34)21-15-40-28(31-21)17-9-11-32(12-10-17)29(35)20-6-8-23(36-2)26(38-4)25(20)37-3/h5-8,13-15,17H,9-12H2,1-4H3,(H,30,34). The van der Waals surface area contributed by atoms with E-state index in [4.69, 9.17) is 18.6 Å². The molecule has 5 rings (SSSR count). The van der Waals surface area contributed by atoms with Crippen molar-refractivity contribution in [2.24, 2.45) is 0 Å². The quantitative estimate of drug-likeness (QED) is 0.283. The number of nitrogens with one attached hydrogen (secondary N) is 1. The van der Waals surface area contributed by atoms with E-state index in [9.17, 15) is 14.4 Å². The van der Waals surface area contributed by atoms with Gasteiger partial charge >= 0.3 is 0 Å². The van der Waals surface area contributed by atoms with Crippen LogP contribution in [0.4, 0.5) is 5.69 Å². The maximum atomic E-state index is 13.3. The predicted octanol–water partition coefficient (Wildman–Crippen LogP) is 5.39. The van der Waals surface area contributed by atoms with Crippen LogP contribution in [0.5, 0.6) is 17.2 Å². The largest absolute Gasteiger partial charge is 0.493 e. The number of nitrogens with zero attached hydrogens (tertiary/aromatic N) is 2. The molecular formula is C29H29N3O7S. The summed E-state index contributed by atoms with van der Waals surface area (Å²) in [6.07, 6.45) is 1.46. The van der Waals surface area contributed by atoms with Gasteiger partial charge in [-0.3, -0.25) is 14.4 Å². The van der Waals surface area contributed by atoms with Gasteiger partial charge in [0.2, 0.25) is 5.75 Å². The first kappa shape index (κ1) is 27.2. The van der Waals surface area contributed by atoms with Gasteiger partial charge in [0.05, 0.1) is 31.9 Å². The van der Waals surface area contributed by atoms with E-state index in [0.717, 1.165) is 23.2 Å². The van der Waals surface area contributed by atoms with Crippen molar-refractivity contribution in [3.05, 3.63) is 63.8 Å². The first-order valence-electron chi connectivity index (χ1n) is 12.7. The van der Waals surface area contributed by atoms with Crippen LogP contribution in [0.25, 0.3) is 11.0 Å². The molecule has 2 aromatic carbocycles. The molecule has 0 bridgehead atoms. The van der Waals surface area contributed by atoms with Gasteiger partial charge in [0.25, 0.3) is 11.8 Å². The number of fused-ring (bicyclic) bond motifs is 1. The number of amides is 2. The van der Waals surface area contributed by atoms with E-state index in [1.54, 1.807) is 46.7 Å². The summed E-state index contributed by atoms with van der Waals surface area (Å²) in [5, 5.41) is 6.22. The lowest BCUT2D eigenvalue weighted by molar-refractivity contribution is 0.0708. The summed E-state index contributed by atoms with van der Waals surface area (Å²) in [5.74, 6) is 1.02. The molecule has 1 aliphatic heterocycles. The van der Waals surface area contributed by atoms with Crippen molar-refractivity contribution < 1.29 is 33.0 Å². The van der Waals surface area contributed by atoms with Gasteiger partial charge in [0.1, 0.15) is 11.3 Å². The molecule has 2 amide bonds. The SMILES string of the molecule is COc1ccc(C(=O)N2CCC(c3nc(C(=O)Nc4ccc5oc(C(C)=O)cc5c4)cs3)CC2)c(OC)c1OC. The fourth-order valence-electron chi connectivity index (χ4n) is 4.84. The Morgan fingerprint density at radius 3 is 2.42 bits per heavy atom. The van der Waals surface area contributed by atoms with Crippen LogP contribution in [0, 0.1) is 0 Å². The summed E-state index contributed by atoms with van der Waals surface area (Å²) >= 11 is 1.45. The molecule has 0 radical (unpaired) electrons. The number of hydrogen-bond acceptors (Lipinski definition) is 9. The average molecular weight is 564 g/mol. The molecular weight excluding hydrogens is 534 g/mol. The Morgan fingerprint density at radius 1 is 1.00 bits per heavy atom. The fourth-order valence-corrected chi connectivity index (χ4v) is 5.81. The van der Waals surface area contributed by atoms with Crippen LogP contribution < -0.4 is 19.5 Å². The number of benzene rings is 2. The van der Waals surface area contributed by atoms with E-state index in [0.29, 0.717) is 52.9 Å². The number of aromatic nitrogens is 1. The number of likely N-dealkylation sites (tertiary alicyclic amines) is 1. The number of carbonyl (C=O) groups excluding carboxylic acids is 3. The third-order valence-electron chi connectivity index (χ3n) is 6.94. The lowest BCUT2D eigenvalue weighted by atomic mass is 9.97. The molecule has 0 unspecified atom stereocenters. The second-order valence-electron chi connectivity index (χ2n) is 9.39. The van der Waals surface area contributed by atoms with Crippen molar-refractivity contribution >= 4 is 45.6 Å². The van der Waals surface area contributed by atoms with Gasteiger partial charge in [-0.25, -0.2) is 4.98 Å². The number of hydrogen-bond donors (Lipinski definition) is 1. The minimum atomic E-state index is -0.315. The van der Waals surface area contributed by atoms with E-state index in [2.05, 4.69) is 10.3 Å². The minimum Gasteiger partial charge on any atom is -0.493 e. The summed E-state index contributed by atoms with van der Waals surface area (Å²) in [5.41, 5.74) is 1.91. The molecule has 1 N–H and O–H groups in total. The molecule has 1 saturated heterocycles. The van der Waals surface area contributed by atoms with Crippen LogP contribution in [0.2, 0.25) is 0 Å². The number of carbonyl (C=O) groups is 3. The number of methoxy groups -OCH3 is 3. The maximum absolute atomic E-state index is 13.3. The van der Waals surface area contributed by atoms with Gasteiger partial charge in [-0.2, -0.15) is 0 Å². The molecule has 0 aliphatic carbocycles. The normalized spacial score (nSPS) is 13.8. The highest BCUT2D eigenvalue weighted by Crippen LogP contribution is 2.41. The van der Waals surface area contributed by atoms with Crippen LogP contribution in [-0.2, 0) is 0 Å². The van der Waals surface area contributed by atoms with E-state index >= 15 is 0 Å². The monoisotopic (exact) mass is 563 g/mol. The van der Waals surface area contributed by atoms with E-state index < -0.39 is 0 Å². The van der Waals surface area contributed by atoms with Crippen LogP contribution in [0.3, 0.4) is 0 Å². The number of thiazole rings is 1. The van der Waals surface area contributed by atoms with E-state index in [-0.39, 0.29) is 29.3 Å². The second-order valence-corrected chi connectivity index (χ2v) is 10.3. The number of rotatable bonds is 8. The molecule has 208 valence electrons. The van der Waals surface area contributed by atoms with Crippen molar-refractivity contribution in [1.29, 1.82) is 0 Å². The molecule has 0 saturated carbocycles. The molecule has 1 aliphatic rings. The van der Waals surface area contributed by atoms with Crippen LogP contribution >= 0.6 is 11.3 Å². The van der Waals surface area contributed by atoms with Gasteiger partial charge in [-0.1, -0.05) is 0 Å². The first-order valence-corrected chi connectivity index (χ1v) is 13.6. The first-order chi connectivity index (χ1) is 19.3. The van der Waals surface area contributed by atoms with Gasteiger partial charge in [-0.15, -0.1) is 11.3 Å². The fraction of sp³-hybridized carbons (Fsp3) is 0.310. The van der Waals surface area contributed by atoms with Gasteiger partial charge < -0.3 is 28.8 Å². The Bertz CT molecular complexity index is 1580. The number of Topliss-reactive ketones (excluding diaryl/α,β-unsaturated/α-hetero) is 1. The van der Waals surface area contributed by atoms with E-state index in [1.807, 2.05) is 0 Å². The summed E-state index contributed by atoms with van der Waals surface area (Å²) < 4.78 is 21.7. The molecule has 4 aromatic rings. The number of furan rings is 1. The lowest BCUT2D eigenvalue weighted by Gasteiger charge is -2.31. The number of ketones is 1. The summed E-state index contributed by atoms with van der Waals surface area (Å²) in [6, 6.07) is 10.2. The summed E-state index contributed by atoms with van der Waals surface area (Å²) in [6.45, 7) is 2.54. The third-order valence-corrected chi connectivity index (χ3v) is 7.95. The number of anilines is 1. The molecule has 0 spiro atoms. The van der Waals surface area contributed by atoms with Crippen molar-refractivity contribution in [2.45, 2.75) is 25.7 Å². The summed E-state index contributed by atoms with van der Waals surface area (Å²) in [4.78, 5) is 44.2. The second kappa shape index (κ2) is 11.4. The summed E-state index contributed by atoms with van der Waals surface area (Å²) in [7, 11) is 4.53. The van der Waals surface area contributed by atoms with Crippen LogP contribution in [0.1, 0.15) is 62.1 Å². The Balaban J connectivity index is 1.22. The highest BCUT2D eigenvalue weighted by molar-refractivity contribution is 7.10. The highest BCUT2D eigenvalue weighted by Gasteiger charge is 2.30. The van der Waals surface area contributed by atoms with Crippen molar-refractivity contribution in [3.8, 4) is 17.2 Å². The third kappa shape index (κ3) is 5.24. The topological polar surface area (TPSA) is 120 Å². The van der Waals surface area contributed by atoms with Gasteiger partial charge in [0.15, 0.2) is 23.0 Å². The van der Waals surface area contributed by atoms with Gasteiger partial charge in [-0.05, 0) is 49.2 Å². The minimum absolute atomic E-state index is 0.138. The smallest absolute Gasteiger partial charge is 0.275 e. The molecule has 40 heavy (non-hydrogen) atoms. The molecule has 0 atom stereocenters. The number of ether oxygens (including phenoxy) is 3. The molecule has 10 nitrogen and oxygen atoms in total. The predicted molar refractivity (Wildman–Crippen MR) is 150 cm³/mol. The zero-order valence-corrected chi connectivity index (χ0v) is 23.4. The molecule has 3 heterocycles. The van der Waals surface area contributed by atoms with Crippen molar-refractivity contribution in [2.75, 3.05) is 39.7 Å². The maximum Gasteiger partial charge on any atom is 0.275 e. The highest BCUT2D eigenvalue weighted by atomic mass is 32.1. The molecule has 2 aromatic heterocycles. The van der Waals surface area contributed by atoms with Gasteiger partial charge in [0, 0.05) is 42.4 Å². The number of piperidine rings is 1. The Labute approximate surface area is 234 Å². The zero-order chi connectivity index (χ0) is 28.4. The Morgan fingerprint density at radius 2 is 1.75 bits per heavy atom. The lowest BCUT2D eigenvalue weighted by Crippen LogP contribution is -2.38. The zero-order valence-electron chi connectivity index (χ0n) is 22.6. The van der Waals surface area contributed by atoms with Crippen LogP contribution in [0.15, 0.2) is 46.2 Å². The Hall–Kier alpha value is -4.38. The van der Waals surface area contributed by atoms with Crippen LogP contribution in [-0.4, -0.2) is 61.9 Å². The molecule has 1 fully saturated rings. The molecule has 11 heteroatoms. The Kier molecular flexibility index (Phi) is 7.74. The van der Waals surface area contributed by atoms with E-state index in [1.165, 1.54) is 39.6 Å². The average Bonchev–Trinajstić information content (AvgIpc) is 3.64. The van der Waals surface area contributed by atoms with Crippen molar-refractivity contribution in [1.82, 2.24) is 9.88 Å². The van der Waals surface area contributed by atoms with Crippen molar-refractivity contribution in [3.63, 3.8) is 0 Å².